The minimum absolute atomic E-state index is 0.217. The average Bonchev–Trinajstić information content (AvgIpc) is 2.48. The molecule has 0 amide bonds. The summed E-state index contributed by atoms with van der Waals surface area (Å²) in [5, 5.41) is 0.823. The van der Waals surface area contributed by atoms with Gasteiger partial charge in [0, 0.05) is 5.02 Å². The van der Waals surface area contributed by atoms with Crippen LogP contribution in [-0.2, 0) is 12.8 Å². The Balaban J connectivity index is 2.37. The van der Waals surface area contributed by atoms with Crippen LogP contribution in [0.5, 0.6) is 0 Å². The molecule has 0 saturated heterocycles. The lowest BCUT2D eigenvalue weighted by atomic mass is 9.96. The number of benzene rings is 2. The van der Waals surface area contributed by atoms with E-state index in [-0.39, 0.29) is 4.83 Å². The van der Waals surface area contributed by atoms with Gasteiger partial charge in [-0.1, -0.05) is 71.7 Å². The smallest absolute Gasteiger partial charge is 0.0644 e. The molecule has 0 aliphatic rings. The van der Waals surface area contributed by atoms with Crippen LogP contribution in [0.1, 0.15) is 46.5 Å². The van der Waals surface area contributed by atoms with Crippen LogP contribution in [0.15, 0.2) is 36.4 Å². The number of halogens is 2. The molecule has 1 unspecified atom stereocenters. The van der Waals surface area contributed by atoms with Gasteiger partial charge < -0.3 is 0 Å². The summed E-state index contributed by atoms with van der Waals surface area (Å²) in [6.07, 6.45) is 2.17. The summed E-state index contributed by atoms with van der Waals surface area (Å²) < 4.78 is 0. The zero-order valence-corrected chi connectivity index (χ0v) is 14.6. The normalized spacial score (nSPS) is 12.4. The molecule has 0 saturated carbocycles. The van der Waals surface area contributed by atoms with Gasteiger partial charge in [0.15, 0.2) is 0 Å². The maximum atomic E-state index is 6.10. The largest absolute Gasteiger partial charge is 0.0841 e. The first-order valence-electron chi connectivity index (χ1n) is 7.08. The fraction of sp³-hybridized carbons (Fsp3) is 0.333. The second-order valence-corrected chi connectivity index (χ2v) is 6.43. The lowest BCUT2D eigenvalue weighted by Crippen LogP contribution is -1.98. The summed E-state index contributed by atoms with van der Waals surface area (Å²) >= 11 is 9.92. The summed E-state index contributed by atoms with van der Waals surface area (Å²) in [7, 11) is 0. The molecule has 0 radical (unpaired) electrons. The van der Waals surface area contributed by atoms with E-state index < -0.39 is 0 Å². The minimum Gasteiger partial charge on any atom is -0.0841 e. The van der Waals surface area contributed by atoms with E-state index in [0.29, 0.717) is 0 Å². The second-order valence-electron chi connectivity index (χ2n) is 5.11. The quantitative estimate of drug-likeness (QED) is 0.570. The second kappa shape index (κ2) is 6.78. The van der Waals surface area contributed by atoms with Crippen molar-refractivity contribution in [1.82, 2.24) is 0 Å². The monoisotopic (exact) mass is 350 g/mol. The maximum absolute atomic E-state index is 6.10. The fourth-order valence-corrected chi connectivity index (χ4v) is 3.18. The van der Waals surface area contributed by atoms with E-state index in [2.05, 4.69) is 60.1 Å². The molecule has 2 aromatic carbocycles. The van der Waals surface area contributed by atoms with Crippen molar-refractivity contribution in [3.63, 3.8) is 0 Å². The molecule has 0 aliphatic carbocycles. The molecule has 0 aromatic heterocycles. The average molecular weight is 352 g/mol. The molecule has 1 atom stereocenters. The number of alkyl halides is 1. The van der Waals surface area contributed by atoms with Gasteiger partial charge in [0.1, 0.15) is 0 Å². The Morgan fingerprint density at radius 3 is 2.15 bits per heavy atom. The molecule has 2 rings (SSSR count). The molecule has 0 heterocycles. The van der Waals surface area contributed by atoms with Crippen LogP contribution in [0, 0.1) is 6.92 Å². The Hall–Kier alpha value is -0.790. The molecule has 0 aliphatic heterocycles. The Morgan fingerprint density at radius 1 is 0.950 bits per heavy atom. The summed E-state index contributed by atoms with van der Waals surface area (Å²) in [5.74, 6) is 0. The summed E-state index contributed by atoms with van der Waals surface area (Å²) in [6.45, 7) is 6.47. The van der Waals surface area contributed by atoms with Gasteiger partial charge in [-0.2, -0.15) is 0 Å². The van der Waals surface area contributed by atoms with Gasteiger partial charge in [0.05, 0.1) is 4.83 Å². The predicted molar refractivity (Wildman–Crippen MR) is 92.2 cm³/mol. The van der Waals surface area contributed by atoms with Crippen LogP contribution in [0.4, 0.5) is 0 Å². The lowest BCUT2D eigenvalue weighted by molar-refractivity contribution is 1.02. The molecule has 2 heteroatoms. The molecule has 106 valence electrons. The van der Waals surface area contributed by atoms with E-state index in [0.717, 1.165) is 23.4 Å². The van der Waals surface area contributed by atoms with E-state index in [1.807, 2.05) is 13.0 Å². The third-order valence-corrected chi connectivity index (χ3v) is 5.24. The van der Waals surface area contributed by atoms with Gasteiger partial charge in [-0.3, -0.25) is 0 Å². The van der Waals surface area contributed by atoms with E-state index in [1.54, 1.807) is 0 Å². The number of hydrogen-bond acceptors (Lipinski definition) is 0. The van der Waals surface area contributed by atoms with Crippen LogP contribution in [0.2, 0.25) is 5.02 Å². The maximum Gasteiger partial charge on any atom is 0.0644 e. The van der Waals surface area contributed by atoms with Gasteiger partial charge in [-0.05, 0) is 53.6 Å². The van der Waals surface area contributed by atoms with Crippen molar-refractivity contribution in [3.05, 3.63) is 69.2 Å². The molecule has 0 nitrogen and oxygen atoms in total. The minimum atomic E-state index is 0.217. The van der Waals surface area contributed by atoms with Crippen molar-refractivity contribution in [2.75, 3.05) is 0 Å². The standard InChI is InChI=1S/C18H20BrCl/c1-4-13-6-7-16(11-14(13)5-2)18(19)15-8-9-17(20)12(3)10-15/h6-11,18H,4-5H2,1-3H3. The Morgan fingerprint density at radius 2 is 1.55 bits per heavy atom. The van der Waals surface area contributed by atoms with Gasteiger partial charge in [0.25, 0.3) is 0 Å². The van der Waals surface area contributed by atoms with Gasteiger partial charge in [-0.25, -0.2) is 0 Å². The lowest BCUT2D eigenvalue weighted by Gasteiger charge is -2.15. The van der Waals surface area contributed by atoms with Crippen molar-refractivity contribution in [1.29, 1.82) is 0 Å². The Kier molecular flexibility index (Phi) is 5.29. The van der Waals surface area contributed by atoms with Crippen molar-refractivity contribution in [3.8, 4) is 0 Å². The first kappa shape index (κ1) is 15.6. The SMILES string of the molecule is CCc1ccc(C(Br)c2ccc(Cl)c(C)c2)cc1CC. The van der Waals surface area contributed by atoms with E-state index >= 15 is 0 Å². The van der Waals surface area contributed by atoms with E-state index in [9.17, 15) is 0 Å². The molecular weight excluding hydrogens is 332 g/mol. The molecule has 0 bridgehead atoms. The molecule has 0 fully saturated rings. The topological polar surface area (TPSA) is 0 Å². The van der Waals surface area contributed by atoms with Gasteiger partial charge in [-0.15, -0.1) is 0 Å². The fourth-order valence-electron chi connectivity index (χ4n) is 2.50. The zero-order valence-electron chi connectivity index (χ0n) is 12.2. The highest BCUT2D eigenvalue weighted by Crippen LogP contribution is 2.33. The summed E-state index contributed by atoms with van der Waals surface area (Å²) in [6, 6.07) is 13.0. The van der Waals surface area contributed by atoms with Gasteiger partial charge >= 0.3 is 0 Å². The van der Waals surface area contributed by atoms with Crippen LogP contribution in [0.25, 0.3) is 0 Å². The first-order chi connectivity index (χ1) is 9.56. The van der Waals surface area contributed by atoms with Crippen LogP contribution in [0.3, 0.4) is 0 Å². The van der Waals surface area contributed by atoms with Crippen molar-refractivity contribution >= 4 is 27.5 Å². The summed E-state index contributed by atoms with van der Waals surface area (Å²) in [5.41, 5.74) is 6.57. The molecule has 2 aromatic rings. The van der Waals surface area contributed by atoms with Crippen LogP contribution in [-0.4, -0.2) is 0 Å². The molecule has 0 spiro atoms. The first-order valence-corrected chi connectivity index (χ1v) is 8.38. The highest BCUT2D eigenvalue weighted by Gasteiger charge is 2.13. The third-order valence-electron chi connectivity index (χ3n) is 3.76. The zero-order chi connectivity index (χ0) is 14.7. The van der Waals surface area contributed by atoms with Crippen LogP contribution >= 0.6 is 27.5 Å². The molecular formula is C18H20BrCl. The predicted octanol–water partition coefficient (Wildman–Crippen LogP) is 6.26. The summed E-state index contributed by atoms with van der Waals surface area (Å²) in [4.78, 5) is 0.217. The number of rotatable bonds is 4. The Bertz CT molecular complexity index is 604. The molecule has 20 heavy (non-hydrogen) atoms. The van der Waals surface area contributed by atoms with E-state index in [1.165, 1.54) is 22.3 Å². The number of aryl methyl sites for hydroxylation is 3. The van der Waals surface area contributed by atoms with Crippen LogP contribution < -0.4 is 0 Å². The van der Waals surface area contributed by atoms with Crippen molar-refractivity contribution in [2.45, 2.75) is 38.4 Å². The Labute approximate surface area is 135 Å². The van der Waals surface area contributed by atoms with E-state index in [4.69, 9.17) is 11.6 Å². The highest BCUT2D eigenvalue weighted by atomic mass is 79.9. The van der Waals surface area contributed by atoms with Gasteiger partial charge in [0.2, 0.25) is 0 Å². The van der Waals surface area contributed by atoms with Crippen molar-refractivity contribution in [2.24, 2.45) is 0 Å². The highest BCUT2D eigenvalue weighted by molar-refractivity contribution is 9.09. The van der Waals surface area contributed by atoms with Crippen molar-refractivity contribution < 1.29 is 0 Å². The third kappa shape index (κ3) is 3.27. The molecule has 0 N–H and O–H groups in total. The number of hydrogen-bond donors (Lipinski definition) is 0.